The second-order valence-electron chi connectivity index (χ2n) is 6.84. The van der Waals surface area contributed by atoms with Crippen LogP contribution in [0, 0.1) is 0 Å². The predicted molar refractivity (Wildman–Crippen MR) is 97.4 cm³/mol. The van der Waals surface area contributed by atoms with Gasteiger partial charge in [0, 0.05) is 37.3 Å². The molecule has 3 unspecified atom stereocenters. The van der Waals surface area contributed by atoms with Crippen LogP contribution >= 0.6 is 0 Å². The maximum absolute atomic E-state index is 12.1. The third-order valence-corrected chi connectivity index (χ3v) is 4.86. The molecule has 2 aromatic rings. The Hall–Kier alpha value is -2.86. The van der Waals surface area contributed by atoms with Crippen LogP contribution in [-0.2, 0) is 19.1 Å². The van der Waals surface area contributed by atoms with Crippen molar-refractivity contribution in [3.05, 3.63) is 54.6 Å². The highest BCUT2D eigenvalue weighted by atomic mass is 16.6. The Morgan fingerprint density at radius 3 is 2.62 bits per heavy atom. The van der Waals surface area contributed by atoms with E-state index in [0.29, 0.717) is 6.54 Å². The van der Waals surface area contributed by atoms with E-state index in [4.69, 9.17) is 9.47 Å². The summed E-state index contributed by atoms with van der Waals surface area (Å²) in [5, 5.41) is 5.44. The number of rotatable bonds is 1. The van der Waals surface area contributed by atoms with Crippen molar-refractivity contribution in [3.63, 3.8) is 0 Å². The number of carbonyl (C=O) groups excluding carboxylic acids is 2. The number of esters is 2. The summed E-state index contributed by atoms with van der Waals surface area (Å²) in [5.41, 5.74) is -0.259. The van der Waals surface area contributed by atoms with Crippen molar-refractivity contribution in [2.45, 2.75) is 31.8 Å². The molecule has 134 valence electrons. The standard InChI is InChI=1S/C20H20N2O4/c1-13-12-22(16-8-7-14-5-3-4-6-15(14)11-16)20(2)19(21-13)25-17(23)9-10-18(24)26-20/h3-11,13,19,21H,12H2,1-2H3/b10-9+. The van der Waals surface area contributed by atoms with Gasteiger partial charge in [-0.3, -0.25) is 5.32 Å². The fraction of sp³-hybridized carbons (Fsp3) is 0.300. The summed E-state index contributed by atoms with van der Waals surface area (Å²) in [4.78, 5) is 26.1. The van der Waals surface area contributed by atoms with Crippen LogP contribution in [0.2, 0.25) is 0 Å². The topological polar surface area (TPSA) is 67.9 Å². The molecule has 0 radical (unpaired) electrons. The van der Waals surface area contributed by atoms with Crippen LogP contribution in [0.4, 0.5) is 5.69 Å². The summed E-state index contributed by atoms with van der Waals surface area (Å²) in [5.74, 6) is -1.14. The molecule has 1 saturated heterocycles. The summed E-state index contributed by atoms with van der Waals surface area (Å²) < 4.78 is 11.2. The molecule has 4 rings (SSSR count). The van der Waals surface area contributed by atoms with Gasteiger partial charge in [0.25, 0.3) is 0 Å². The number of ether oxygens (including phenoxy) is 2. The van der Waals surface area contributed by atoms with E-state index in [1.165, 1.54) is 0 Å². The third-order valence-electron chi connectivity index (χ3n) is 4.86. The minimum atomic E-state index is -1.16. The first kappa shape index (κ1) is 16.6. The monoisotopic (exact) mass is 352 g/mol. The van der Waals surface area contributed by atoms with Gasteiger partial charge in [0.15, 0.2) is 0 Å². The number of nitrogens with one attached hydrogen (secondary N) is 1. The van der Waals surface area contributed by atoms with Crippen molar-refractivity contribution in [1.29, 1.82) is 0 Å². The van der Waals surface area contributed by atoms with Gasteiger partial charge in [-0.1, -0.05) is 30.3 Å². The number of fused-ring (bicyclic) bond motifs is 2. The van der Waals surface area contributed by atoms with Crippen molar-refractivity contribution in [3.8, 4) is 0 Å². The van der Waals surface area contributed by atoms with Crippen LogP contribution in [0.1, 0.15) is 13.8 Å². The highest BCUT2D eigenvalue weighted by Gasteiger charge is 2.50. The second kappa shape index (κ2) is 6.14. The van der Waals surface area contributed by atoms with E-state index in [9.17, 15) is 9.59 Å². The molecular weight excluding hydrogens is 332 g/mol. The van der Waals surface area contributed by atoms with Gasteiger partial charge in [-0.15, -0.1) is 0 Å². The molecule has 0 aromatic heterocycles. The van der Waals surface area contributed by atoms with Crippen molar-refractivity contribution in [2.75, 3.05) is 11.4 Å². The molecule has 2 heterocycles. The zero-order valence-electron chi connectivity index (χ0n) is 14.6. The van der Waals surface area contributed by atoms with E-state index in [0.717, 1.165) is 28.6 Å². The van der Waals surface area contributed by atoms with E-state index in [2.05, 4.69) is 11.4 Å². The van der Waals surface area contributed by atoms with Gasteiger partial charge < -0.3 is 14.4 Å². The molecule has 0 spiro atoms. The molecule has 6 heteroatoms. The van der Waals surface area contributed by atoms with Gasteiger partial charge in [-0.05, 0) is 29.8 Å². The minimum absolute atomic E-state index is 0.0365. The van der Waals surface area contributed by atoms with Crippen LogP contribution in [0.15, 0.2) is 54.6 Å². The molecule has 2 aliphatic rings. The average Bonchev–Trinajstić information content (AvgIpc) is 2.62. The quantitative estimate of drug-likeness (QED) is 0.795. The molecule has 1 N–H and O–H groups in total. The number of nitrogens with zero attached hydrogens (tertiary/aromatic N) is 1. The normalized spacial score (nSPS) is 30.0. The molecular formula is C20H20N2O4. The maximum atomic E-state index is 12.1. The molecule has 26 heavy (non-hydrogen) atoms. The Labute approximate surface area is 151 Å². The first-order valence-electron chi connectivity index (χ1n) is 8.60. The lowest BCUT2D eigenvalue weighted by atomic mass is 10.0. The van der Waals surface area contributed by atoms with Crippen LogP contribution in [0.25, 0.3) is 10.8 Å². The predicted octanol–water partition coefficient (Wildman–Crippen LogP) is 2.34. The van der Waals surface area contributed by atoms with Gasteiger partial charge in [0.05, 0.1) is 0 Å². The fourth-order valence-electron chi connectivity index (χ4n) is 3.55. The fourth-order valence-corrected chi connectivity index (χ4v) is 3.55. The van der Waals surface area contributed by atoms with Crippen LogP contribution in [0.3, 0.4) is 0 Å². The van der Waals surface area contributed by atoms with Crippen molar-refractivity contribution < 1.29 is 19.1 Å². The molecule has 0 saturated carbocycles. The lowest BCUT2D eigenvalue weighted by Crippen LogP contribution is -2.71. The van der Waals surface area contributed by atoms with E-state index in [1.54, 1.807) is 6.92 Å². The first-order chi connectivity index (χ1) is 12.5. The molecule has 6 nitrogen and oxygen atoms in total. The Bertz CT molecular complexity index is 910. The zero-order chi connectivity index (χ0) is 18.3. The smallest absolute Gasteiger partial charge is 0.333 e. The minimum Gasteiger partial charge on any atom is -0.437 e. The summed E-state index contributed by atoms with van der Waals surface area (Å²) in [7, 11) is 0. The zero-order valence-corrected chi connectivity index (χ0v) is 14.6. The van der Waals surface area contributed by atoms with Gasteiger partial charge in [-0.2, -0.15) is 0 Å². The summed E-state index contributed by atoms with van der Waals surface area (Å²) in [6, 6.07) is 14.2. The van der Waals surface area contributed by atoms with E-state index >= 15 is 0 Å². The highest BCUT2D eigenvalue weighted by molar-refractivity contribution is 5.93. The molecule has 0 aliphatic carbocycles. The number of anilines is 1. The van der Waals surface area contributed by atoms with E-state index < -0.39 is 23.9 Å². The summed E-state index contributed by atoms with van der Waals surface area (Å²) >= 11 is 0. The maximum Gasteiger partial charge on any atom is 0.333 e. The van der Waals surface area contributed by atoms with Crippen LogP contribution in [0.5, 0.6) is 0 Å². The average molecular weight is 352 g/mol. The van der Waals surface area contributed by atoms with Gasteiger partial charge in [-0.25, -0.2) is 9.59 Å². The van der Waals surface area contributed by atoms with Gasteiger partial charge >= 0.3 is 11.9 Å². The number of piperazine rings is 1. The molecule has 0 amide bonds. The number of carbonyl (C=O) groups is 2. The molecule has 1 fully saturated rings. The molecule has 2 aromatic carbocycles. The second-order valence-corrected chi connectivity index (χ2v) is 6.84. The Morgan fingerprint density at radius 1 is 1.08 bits per heavy atom. The van der Waals surface area contributed by atoms with Crippen molar-refractivity contribution in [2.24, 2.45) is 0 Å². The number of hydrogen-bond acceptors (Lipinski definition) is 6. The van der Waals surface area contributed by atoms with E-state index in [-0.39, 0.29) is 6.04 Å². The molecule has 0 bridgehead atoms. The van der Waals surface area contributed by atoms with Gasteiger partial charge in [0.2, 0.25) is 12.0 Å². The first-order valence-corrected chi connectivity index (χ1v) is 8.60. The van der Waals surface area contributed by atoms with E-state index in [1.807, 2.05) is 48.2 Å². The molecule has 2 aliphatic heterocycles. The number of benzene rings is 2. The van der Waals surface area contributed by atoms with Crippen LogP contribution < -0.4 is 10.2 Å². The van der Waals surface area contributed by atoms with Gasteiger partial charge in [0.1, 0.15) is 0 Å². The summed E-state index contributed by atoms with van der Waals surface area (Å²) in [6.07, 6.45) is 1.41. The van der Waals surface area contributed by atoms with Crippen LogP contribution in [-0.4, -0.2) is 36.5 Å². The Balaban J connectivity index is 1.80. The Morgan fingerprint density at radius 2 is 1.81 bits per heavy atom. The molecule has 3 atom stereocenters. The lowest BCUT2D eigenvalue weighted by molar-refractivity contribution is -0.189. The van der Waals surface area contributed by atoms with Crippen molar-refractivity contribution >= 4 is 28.4 Å². The SMILES string of the molecule is CC1CN(c2ccc3ccccc3c2)C2(C)OC(=O)/C=C/C(=O)OC2N1. The third kappa shape index (κ3) is 2.82. The lowest BCUT2D eigenvalue weighted by Gasteiger charge is -2.51. The highest BCUT2D eigenvalue weighted by Crippen LogP contribution is 2.34. The number of hydrogen-bond donors (Lipinski definition) is 1. The summed E-state index contributed by atoms with van der Waals surface area (Å²) in [6.45, 7) is 4.36. The van der Waals surface area contributed by atoms with Crippen molar-refractivity contribution in [1.82, 2.24) is 5.32 Å². The Kier molecular flexibility index (Phi) is 3.92. The largest absolute Gasteiger partial charge is 0.437 e.